The first kappa shape index (κ1) is 15.4. The van der Waals surface area contributed by atoms with Gasteiger partial charge in [-0.1, -0.05) is 17.8 Å². The Hall–Kier alpha value is -0.660. The molecule has 1 heterocycles. The largest absolute Gasteiger partial charge is 0.387 e. The van der Waals surface area contributed by atoms with Crippen molar-refractivity contribution in [3.05, 3.63) is 10.6 Å². The Kier molecular flexibility index (Phi) is 6.04. The summed E-state index contributed by atoms with van der Waals surface area (Å²) in [6.07, 6.45) is 3.60. The number of aromatic nitrogens is 2. The van der Waals surface area contributed by atoms with Crippen LogP contribution in [0, 0.1) is 0 Å². The van der Waals surface area contributed by atoms with Gasteiger partial charge < -0.3 is 10.4 Å². The van der Waals surface area contributed by atoms with Crippen molar-refractivity contribution in [3.63, 3.8) is 0 Å². The first-order valence-electron chi connectivity index (χ1n) is 5.81. The van der Waals surface area contributed by atoms with E-state index < -0.39 is 5.60 Å². The van der Waals surface area contributed by atoms with Crippen LogP contribution < -0.4 is 5.32 Å². The average molecular weight is 289 g/mol. The highest BCUT2D eigenvalue weighted by Crippen LogP contribution is 2.13. The number of nitrogens with zero attached hydrogens (tertiary/aromatic N) is 2. The molecule has 0 aromatic carbocycles. The molecule has 1 atom stereocenters. The first-order valence-corrected chi connectivity index (χ1v) is 7.97. The lowest BCUT2D eigenvalue weighted by Gasteiger charge is -2.22. The van der Waals surface area contributed by atoms with Gasteiger partial charge in [0.15, 0.2) is 0 Å². The summed E-state index contributed by atoms with van der Waals surface area (Å²) in [6.45, 7) is 3.97. The molecule has 1 rings (SSSR count). The highest BCUT2D eigenvalue weighted by Gasteiger charge is 2.22. The van der Waals surface area contributed by atoms with E-state index >= 15 is 0 Å². The number of carbonyl (C=O) groups is 1. The normalized spacial score (nSPS) is 14.2. The zero-order valence-corrected chi connectivity index (χ0v) is 12.5. The second kappa shape index (κ2) is 7.06. The molecule has 1 unspecified atom stereocenters. The fraction of sp³-hybridized carbons (Fsp3) is 0.727. The van der Waals surface area contributed by atoms with Crippen LogP contribution in [-0.4, -0.2) is 44.8 Å². The highest BCUT2D eigenvalue weighted by atomic mass is 32.2. The molecule has 5 nitrogen and oxygen atoms in total. The Morgan fingerprint density at radius 3 is 2.94 bits per heavy atom. The van der Waals surface area contributed by atoms with Crippen LogP contribution in [0.25, 0.3) is 0 Å². The zero-order valence-electron chi connectivity index (χ0n) is 10.9. The number of aliphatic hydroxyl groups is 1. The third-order valence-electron chi connectivity index (χ3n) is 2.33. The number of aryl methyl sites for hydroxylation is 1. The van der Waals surface area contributed by atoms with E-state index in [0.717, 1.165) is 30.1 Å². The summed E-state index contributed by atoms with van der Waals surface area (Å²) >= 11 is 2.65. The van der Waals surface area contributed by atoms with Crippen LogP contribution in [0.1, 0.15) is 35.6 Å². The summed E-state index contributed by atoms with van der Waals surface area (Å²) in [6, 6.07) is 0. The van der Waals surface area contributed by atoms with Crippen LogP contribution in [0.2, 0.25) is 0 Å². The van der Waals surface area contributed by atoms with Crippen molar-refractivity contribution in [2.45, 2.75) is 32.3 Å². The molecule has 0 radical (unpaired) electrons. The van der Waals surface area contributed by atoms with Gasteiger partial charge in [-0.05, 0) is 31.1 Å². The van der Waals surface area contributed by atoms with Gasteiger partial charge in [0.05, 0.1) is 11.3 Å². The minimum atomic E-state index is -0.891. The number of nitrogens with one attached hydrogen (secondary N) is 1. The topological polar surface area (TPSA) is 75.1 Å². The number of carbonyl (C=O) groups excluding carboxylic acids is 1. The Bertz CT molecular complexity index is 393. The summed E-state index contributed by atoms with van der Waals surface area (Å²) in [5, 5.41) is 16.7. The number of hydrogen-bond donors (Lipinski definition) is 2. The molecule has 0 bridgehead atoms. The summed E-state index contributed by atoms with van der Waals surface area (Å²) in [4.78, 5) is 12.5. The molecule has 0 spiro atoms. The second-order valence-electron chi connectivity index (χ2n) is 4.41. The van der Waals surface area contributed by atoms with E-state index in [9.17, 15) is 9.90 Å². The Labute approximate surface area is 116 Å². The lowest BCUT2D eigenvalue weighted by atomic mass is 10.1. The number of hydrogen-bond acceptors (Lipinski definition) is 6. The van der Waals surface area contributed by atoms with E-state index in [1.165, 1.54) is 0 Å². The SMILES string of the molecule is CCCc1nnsc1C(=O)NCC(C)(O)CSC. The molecule has 18 heavy (non-hydrogen) atoms. The maximum Gasteiger partial charge on any atom is 0.265 e. The fourth-order valence-electron chi connectivity index (χ4n) is 1.49. The van der Waals surface area contributed by atoms with Gasteiger partial charge in [-0.25, -0.2) is 0 Å². The van der Waals surface area contributed by atoms with E-state index in [0.29, 0.717) is 10.6 Å². The van der Waals surface area contributed by atoms with Crippen molar-refractivity contribution >= 4 is 29.2 Å². The Morgan fingerprint density at radius 2 is 2.33 bits per heavy atom. The van der Waals surface area contributed by atoms with Crippen molar-refractivity contribution in [2.75, 3.05) is 18.6 Å². The van der Waals surface area contributed by atoms with Crippen LogP contribution in [-0.2, 0) is 6.42 Å². The second-order valence-corrected chi connectivity index (χ2v) is 6.03. The van der Waals surface area contributed by atoms with Gasteiger partial charge in [0.2, 0.25) is 0 Å². The fourth-order valence-corrected chi connectivity index (χ4v) is 2.84. The Morgan fingerprint density at radius 1 is 1.61 bits per heavy atom. The molecule has 102 valence electrons. The molecular weight excluding hydrogens is 270 g/mol. The summed E-state index contributed by atoms with van der Waals surface area (Å²) in [5.74, 6) is 0.380. The van der Waals surface area contributed by atoms with Gasteiger partial charge in [-0.2, -0.15) is 11.8 Å². The van der Waals surface area contributed by atoms with Gasteiger partial charge in [-0.15, -0.1) is 5.10 Å². The minimum absolute atomic E-state index is 0.199. The quantitative estimate of drug-likeness (QED) is 0.792. The zero-order chi connectivity index (χ0) is 13.6. The molecule has 1 aromatic heterocycles. The highest BCUT2D eigenvalue weighted by molar-refractivity contribution is 7.98. The van der Waals surface area contributed by atoms with Crippen LogP contribution >= 0.6 is 23.3 Å². The lowest BCUT2D eigenvalue weighted by Crippen LogP contribution is -2.42. The molecule has 0 saturated carbocycles. The molecule has 0 aliphatic carbocycles. The van der Waals surface area contributed by atoms with Crippen molar-refractivity contribution in [3.8, 4) is 0 Å². The molecule has 1 aromatic rings. The van der Waals surface area contributed by atoms with Gasteiger partial charge in [-0.3, -0.25) is 4.79 Å². The molecule has 0 aliphatic rings. The monoisotopic (exact) mass is 289 g/mol. The van der Waals surface area contributed by atoms with Crippen molar-refractivity contribution in [2.24, 2.45) is 0 Å². The number of rotatable bonds is 7. The average Bonchev–Trinajstić information content (AvgIpc) is 2.75. The van der Waals surface area contributed by atoms with Crippen LogP contribution in [0.5, 0.6) is 0 Å². The Balaban J connectivity index is 2.57. The van der Waals surface area contributed by atoms with Crippen LogP contribution in [0.15, 0.2) is 0 Å². The molecule has 0 saturated heterocycles. The first-order chi connectivity index (χ1) is 8.50. The van der Waals surface area contributed by atoms with E-state index in [-0.39, 0.29) is 12.5 Å². The maximum absolute atomic E-state index is 12.0. The summed E-state index contributed by atoms with van der Waals surface area (Å²) < 4.78 is 3.81. The van der Waals surface area contributed by atoms with E-state index in [2.05, 4.69) is 14.9 Å². The predicted octanol–water partition coefficient (Wildman–Crippen LogP) is 1.33. The van der Waals surface area contributed by atoms with E-state index in [1.54, 1.807) is 18.7 Å². The lowest BCUT2D eigenvalue weighted by molar-refractivity contribution is 0.0726. The van der Waals surface area contributed by atoms with Crippen molar-refractivity contribution in [1.29, 1.82) is 0 Å². The molecule has 2 N–H and O–H groups in total. The van der Waals surface area contributed by atoms with Crippen LogP contribution in [0.4, 0.5) is 0 Å². The van der Waals surface area contributed by atoms with Crippen LogP contribution in [0.3, 0.4) is 0 Å². The predicted molar refractivity (Wildman–Crippen MR) is 75.2 cm³/mol. The third-order valence-corrected chi connectivity index (χ3v) is 4.01. The minimum Gasteiger partial charge on any atom is -0.387 e. The molecule has 0 fully saturated rings. The summed E-state index contributed by atoms with van der Waals surface area (Å²) in [7, 11) is 0. The van der Waals surface area contributed by atoms with E-state index in [4.69, 9.17) is 0 Å². The molecule has 1 amide bonds. The number of amides is 1. The van der Waals surface area contributed by atoms with Gasteiger partial charge in [0, 0.05) is 12.3 Å². The smallest absolute Gasteiger partial charge is 0.265 e. The van der Waals surface area contributed by atoms with Gasteiger partial charge in [0.1, 0.15) is 4.88 Å². The van der Waals surface area contributed by atoms with Gasteiger partial charge >= 0.3 is 0 Å². The standard InChI is InChI=1S/C11H19N3O2S2/c1-4-5-8-9(18-14-13-8)10(15)12-6-11(2,16)7-17-3/h16H,4-7H2,1-3H3,(H,12,15). The number of thioether (sulfide) groups is 1. The van der Waals surface area contributed by atoms with Crippen molar-refractivity contribution < 1.29 is 9.90 Å². The molecular formula is C11H19N3O2S2. The maximum atomic E-state index is 12.0. The van der Waals surface area contributed by atoms with Gasteiger partial charge in [0.25, 0.3) is 5.91 Å². The van der Waals surface area contributed by atoms with E-state index in [1.807, 2.05) is 13.2 Å². The third kappa shape index (κ3) is 4.55. The van der Waals surface area contributed by atoms with Crippen molar-refractivity contribution in [1.82, 2.24) is 14.9 Å². The molecule has 7 heteroatoms. The molecule has 0 aliphatic heterocycles. The summed E-state index contributed by atoms with van der Waals surface area (Å²) in [5.41, 5.74) is -0.150.